The molecule has 1 N–H and O–H groups in total. The van der Waals surface area contributed by atoms with Crippen LogP contribution in [0.15, 0.2) is 58.5 Å². The van der Waals surface area contributed by atoms with Crippen LogP contribution in [0.3, 0.4) is 0 Å². The number of nitrogens with one attached hydrogen (secondary N) is 1. The zero-order valence-corrected chi connectivity index (χ0v) is 17.9. The van der Waals surface area contributed by atoms with Crippen LogP contribution in [-0.2, 0) is 4.79 Å². The topological polar surface area (TPSA) is 73.2 Å². The Balaban J connectivity index is 1.72. The van der Waals surface area contributed by atoms with E-state index in [-0.39, 0.29) is 23.3 Å². The van der Waals surface area contributed by atoms with Crippen molar-refractivity contribution >= 4 is 28.6 Å². The molecule has 6 nitrogen and oxygen atoms in total. The first kappa shape index (κ1) is 20.5. The number of fused-ring (bicyclic) bond motifs is 1. The molecule has 1 aliphatic carbocycles. The van der Waals surface area contributed by atoms with Gasteiger partial charge in [0, 0.05) is 6.04 Å². The Bertz CT molecular complexity index is 1120. The molecule has 1 fully saturated rings. The highest BCUT2D eigenvalue weighted by Gasteiger charge is 2.29. The highest BCUT2D eigenvalue weighted by Crippen LogP contribution is 2.32. The number of carbonyl (C=O) groups is 1. The lowest BCUT2D eigenvalue weighted by atomic mass is 10.2. The van der Waals surface area contributed by atoms with E-state index in [9.17, 15) is 9.59 Å². The number of carbonyl (C=O) groups excluding carboxylic acids is 1. The van der Waals surface area contributed by atoms with Crippen LogP contribution in [0.4, 0.5) is 0 Å². The van der Waals surface area contributed by atoms with Crippen molar-refractivity contribution in [2.24, 2.45) is 5.92 Å². The lowest BCUT2D eigenvalue weighted by molar-refractivity contribution is -0.119. The zero-order chi connectivity index (χ0) is 21.1. The summed E-state index contributed by atoms with van der Waals surface area (Å²) in [6, 6.07) is 14.8. The second kappa shape index (κ2) is 8.92. The Hall–Kier alpha value is -2.80. The molecule has 1 atom stereocenters. The van der Waals surface area contributed by atoms with Gasteiger partial charge in [0.25, 0.3) is 5.56 Å². The molecule has 1 aromatic heterocycles. The minimum atomic E-state index is -0.179. The van der Waals surface area contributed by atoms with Crippen LogP contribution in [0.5, 0.6) is 5.75 Å². The molecule has 0 saturated heterocycles. The van der Waals surface area contributed by atoms with Crippen molar-refractivity contribution < 1.29 is 9.53 Å². The number of para-hydroxylation sites is 3. The molecule has 1 heterocycles. The summed E-state index contributed by atoms with van der Waals surface area (Å²) in [5.74, 6) is 1.34. The molecule has 0 unspecified atom stereocenters. The number of amides is 1. The van der Waals surface area contributed by atoms with Crippen molar-refractivity contribution in [2.75, 3.05) is 12.4 Å². The van der Waals surface area contributed by atoms with E-state index in [1.54, 1.807) is 10.6 Å². The first-order chi connectivity index (χ1) is 14.6. The van der Waals surface area contributed by atoms with E-state index >= 15 is 0 Å². The van der Waals surface area contributed by atoms with Gasteiger partial charge in [-0.2, -0.15) is 0 Å². The molecule has 2 aromatic carbocycles. The van der Waals surface area contributed by atoms with Crippen molar-refractivity contribution in [3.8, 4) is 11.4 Å². The molecule has 0 bridgehead atoms. The maximum atomic E-state index is 13.4. The van der Waals surface area contributed by atoms with E-state index in [1.807, 2.05) is 56.3 Å². The summed E-state index contributed by atoms with van der Waals surface area (Å²) in [4.78, 5) is 30.5. The van der Waals surface area contributed by atoms with Crippen LogP contribution in [0, 0.1) is 5.92 Å². The average Bonchev–Trinajstić information content (AvgIpc) is 3.59. The standard InChI is InChI=1S/C23H25N3O3S/c1-3-29-20-11-7-6-10-19(20)26-22(28)17-8-4-5-9-18(17)25-23(26)30-14-21(27)24-15(2)16-12-13-16/h4-11,15-16H,3,12-14H2,1-2H3,(H,24,27)/t15-/m1/s1. The van der Waals surface area contributed by atoms with E-state index in [0.29, 0.717) is 40.0 Å². The minimum absolute atomic E-state index is 0.0496. The Kier molecular flexibility index (Phi) is 6.08. The fourth-order valence-electron chi connectivity index (χ4n) is 3.48. The third-order valence-corrected chi connectivity index (χ3v) is 6.14. The quantitative estimate of drug-likeness (QED) is 0.441. The summed E-state index contributed by atoms with van der Waals surface area (Å²) in [6.45, 7) is 4.43. The minimum Gasteiger partial charge on any atom is -0.492 e. The number of thioether (sulfide) groups is 1. The Morgan fingerprint density at radius 3 is 2.73 bits per heavy atom. The SMILES string of the molecule is CCOc1ccccc1-n1c(SCC(=O)N[C@H](C)C2CC2)nc2ccccc2c1=O. The van der Waals surface area contributed by atoms with E-state index < -0.39 is 0 Å². The largest absolute Gasteiger partial charge is 0.492 e. The van der Waals surface area contributed by atoms with Gasteiger partial charge in [0.05, 0.1) is 29.0 Å². The van der Waals surface area contributed by atoms with Gasteiger partial charge in [-0.3, -0.25) is 14.2 Å². The van der Waals surface area contributed by atoms with Gasteiger partial charge in [0.1, 0.15) is 5.75 Å². The fourth-order valence-corrected chi connectivity index (χ4v) is 4.30. The van der Waals surface area contributed by atoms with Crippen LogP contribution in [-0.4, -0.2) is 33.9 Å². The molecule has 3 aromatic rings. The van der Waals surface area contributed by atoms with Crippen molar-refractivity contribution in [1.29, 1.82) is 0 Å². The molecular weight excluding hydrogens is 398 g/mol. The first-order valence-electron chi connectivity index (χ1n) is 10.2. The fraction of sp³-hybridized carbons (Fsp3) is 0.348. The number of ether oxygens (including phenoxy) is 1. The smallest absolute Gasteiger partial charge is 0.266 e. The van der Waals surface area contributed by atoms with Gasteiger partial charge in [-0.05, 0) is 56.9 Å². The van der Waals surface area contributed by atoms with Crippen molar-refractivity contribution in [3.63, 3.8) is 0 Å². The number of hydrogen-bond donors (Lipinski definition) is 1. The average molecular weight is 424 g/mol. The maximum Gasteiger partial charge on any atom is 0.266 e. The third-order valence-electron chi connectivity index (χ3n) is 5.20. The molecule has 7 heteroatoms. The van der Waals surface area contributed by atoms with Crippen LogP contribution < -0.4 is 15.6 Å². The van der Waals surface area contributed by atoms with Gasteiger partial charge in [-0.1, -0.05) is 36.0 Å². The molecular formula is C23H25N3O3S. The second-order valence-corrected chi connectivity index (χ2v) is 8.38. The normalized spacial score (nSPS) is 14.5. The number of benzene rings is 2. The zero-order valence-electron chi connectivity index (χ0n) is 17.1. The first-order valence-corrected chi connectivity index (χ1v) is 11.2. The number of nitrogens with zero attached hydrogens (tertiary/aromatic N) is 2. The molecule has 1 amide bonds. The second-order valence-electron chi connectivity index (χ2n) is 7.44. The molecule has 156 valence electrons. The van der Waals surface area contributed by atoms with Gasteiger partial charge in [0.2, 0.25) is 5.91 Å². The summed E-state index contributed by atoms with van der Waals surface area (Å²) in [5, 5.41) is 4.06. The van der Waals surface area contributed by atoms with Crippen molar-refractivity contribution in [1.82, 2.24) is 14.9 Å². The van der Waals surface area contributed by atoms with Gasteiger partial charge < -0.3 is 10.1 Å². The summed E-state index contributed by atoms with van der Waals surface area (Å²) >= 11 is 1.26. The lowest BCUT2D eigenvalue weighted by Gasteiger charge is -2.17. The predicted molar refractivity (Wildman–Crippen MR) is 120 cm³/mol. The number of aromatic nitrogens is 2. The molecule has 0 spiro atoms. The number of hydrogen-bond acceptors (Lipinski definition) is 5. The summed E-state index contributed by atoms with van der Waals surface area (Å²) in [6.07, 6.45) is 2.35. The van der Waals surface area contributed by atoms with E-state index in [4.69, 9.17) is 9.72 Å². The monoisotopic (exact) mass is 423 g/mol. The van der Waals surface area contributed by atoms with E-state index in [2.05, 4.69) is 5.32 Å². The van der Waals surface area contributed by atoms with Crippen molar-refractivity contribution in [2.45, 2.75) is 37.9 Å². The Morgan fingerprint density at radius 2 is 1.97 bits per heavy atom. The molecule has 1 aliphatic rings. The summed E-state index contributed by atoms with van der Waals surface area (Å²) in [5.41, 5.74) is 1.06. The van der Waals surface area contributed by atoms with Crippen LogP contribution in [0.25, 0.3) is 16.6 Å². The number of rotatable bonds is 8. The maximum absolute atomic E-state index is 13.4. The molecule has 0 aliphatic heterocycles. The highest BCUT2D eigenvalue weighted by atomic mass is 32.2. The molecule has 0 radical (unpaired) electrons. The third kappa shape index (κ3) is 4.36. The van der Waals surface area contributed by atoms with Gasteiger partial charge in [-0.25, -0.2) is 4.98 Å². The van der Waals surface area contributed by atoms with Gasteiger partial charge in [-0.15, -0.1) is 0 Å². The van der Waals surface area contributed by atoms with Crippen LogP contribution in [0.2, 0.25) is 0 Å². The van der Waals surface area contributed by atoms with Gasteiger partial charge in [0.15, 0.2) is 5.16 Å². The lowest BCUT2D eigenvalue weighted by Crippen LogP contribution is -2.35. The molecule has 4 rings (SSSR count). The molecule has 1 saturated carbocycles. The van der Waals surface area contributed by atoms with Gasteiger partial charge >= 0.3 is 0 Å². The van der Waals surface area contributed by atoms with Crippen LogP contribution in [0.1, 0.15) is 26.7 Å². The Labute approximate surface area is 179 Å². The van der Waals surface area contributed by atoms with Crippen molar-refractivity contribution in [3.05, 3.63) is 58.9 Å². The van der Waals surface area contributed by atoms with Crippen LogP contribution >= 0.6 is 11.8 Å². The highest BCUT2D eigenvalue weighted by molar-refractivity contribution is 7.99. The summed E-state index contributed by atoms with van der Waals surface area (Å²) in [7, 11) is 0. The summed E-state index contributed by atoms with van der Waals surface area (Å²) < 4.78 is 7.30. The Morgan fingerprint density at radius 1 is 1.23 bits per heavy atom. The predicted octanol–water partition coefficient (Wildman–Crippen LogP) is 3.79. The molecule has 30 heavy (non-hydrogen) atoms. The van der Waals surface area contributed by atoms with E-state index in [1.165, 1.54) is 24.6 Å². The van der Waals surface area contributed by atoms with E-state index in [0.717, 1.165) is 0 Å².